The molecule has 2 aromatic rings. The SMILES string of the molecule is CCCCCCCCCCCCc1cccc(-c2nc(C(C#N)CC)no2)c1. The van der Waals surface area contributed by atoms with Gasteiger partial charge in [0.05, 0.1) is 6.07 Å². The minimum absolute atomic E-state index is 0.299. The second kappa shape index (κ2) is 13.1. The number of rotatable bonds is 14. The molecule has 0 aliphatic carbocycles. The Bertz CT molecular complexity index is 717. The maximum absolute atomic E-state index is 9.15. The normalized spacial score (nSPS) is 12.0. The van der Waals surface area contributed by atoms with Gasteiger partial charge in [0.25, 0.3) is 5.89 Å². The second-order valence-electron chi connectivity index (χ2n) is 7.68. The smallest absolute Gasteiger partial charge is 0.257 e. The van der Waals surface area contributed by atoms with E-state index in [1.165, 1.54) is 69.8 Å². The quantitative estimate of drug-likeness (QED) is 0.324. The molecule has 1 aromatic carbocycles. The summed E-state index contributed by atoms with van der Waals surface area (Å²) < 4.78 is 5.38. The average molecular weight is 382 g/mol. The van der Waals surface area contributed by atoms with Gasteiger partial charge in [0.15, 0.2) is 5.82 Å². The van der Waals surface area contributed by atoms with Crippen molar-refractivity contribution in [3.05, 3.63) is 35.7 Å². The molecule has 0 amide bonds. The lowest BCUT2D eigenvalue weighted by Crippen LogP contribution is -1.96. The van der Waals surface area contributed by atoms with Crippen molar-refractivity contribution in [2.45, 2.75) is 96.8 Å². The molecule has 28 heavy (non-hydrogen) atoms. The Labute approximate surface area is 170 Å². The fourth-order valence-corrected chi connectivity index (χ4v) is 3.50. The lowest BCUT2D eigenvalue weighted by molar-refractivity contribution is 0.419. The van der Waals surface area contributed by atoms with Crippen LogP contribution in [0.2, 0.25) is 0 Å². The van der Waals surface area contributed by atoms with Gasteiger partial charge in [-0.05, 0) is 37.0 Å². The summed E-state index contributed by atoms with van der Waals surface area (Å²) in [5.41, 5.74) is 2.25. The van der Waals surface area contributed by atoms with Crippen LogP contribution < -0.4 is 0 Å². The van der Waals surface area contributed by atoms with E-state index in [0.29, 0.717) is 18.1 Å². The van der Waals surface area contributed by atoms with Gasteiger partial charge in [-0.25, -0.2) is 0 Å². The predicted octanol–water partition coefficient (Wildman–Crippen LogP) is 7.22. The molecule has 0 bridgehead atoms. The summed E-state index contributed by atoms with van der Waals surface area (Å²) in [5.74, 6) is 0.695. The summed E-state index contributed by atoms with van der Waals surface area (Å²) in [6.07, 6.45) is 15.3. The first-order valence-corrected chi connectivity index (χ1v) is 11.1. The first kappa shape index (κ1) is 22.1. The van der Waals surface area contributed by atoms with E-state index in [1.54, 1.807) is 0 Å². The average Bonchev–Trinajstić information content (AvgIpc) is 3.21. The summed E-state index contributed by atoms with van der Waals surface area (Å²) in [7, 11) is 0. The molecular formula is C24H35N3O. The molecular weight excluding hydrogens is 346 g/mol. The van der Waals surface area contributed by atoms with Crippen molar-refractivity contribution in [1.29, 1.82) is 5.26 Å². The molecule has 0 aliphatic rings. The molecule has 0 aliphatic heterocycles. The largest absolute Gasteiger partial charge is 0.334 e. The zero-order valence-electron chi connectivity index (χ0n) is 17.6. The van der Waals surface area contributed by atoms with Gasteiger partial charge in [0.1, 0.15) is 5.92 Å². The van der Waals surface area contributed by atoms with Gasteiger partial charge in [0.2, 0.25) is 0 Å². The molecule has 0 N–H and O–H groups in total. The first-order valence-electron chi connectivity index (χ1n) is 11.1. The van der Waals surface area contributed by atoms with Gasteiger partial charge in [-0.2, -0.15) is 10.2 Å². The Kier molecular flexibility index (Phi) is 10.4. The van der Waals surface area contributed by atoms with Crippen LogP contribution >= 0.6 is 0 Å². The molecule has 0 saturated carbocycles. The van der Waals surface area contributed by atoms with E-state index in [0.717, 1.165) is 12.0 Å². The van der Waals surface area contributed by atoms with Crippen LogP contribution in [-0.2, 0) is 6.42 Å². The van der Waals surface area contributed by atoms with Gasteiger partial charge in [0, 0.05) is 5.56 Å². The van der Waals surface area contributed by atoms with Gasteiger partial charge < -0.3 is 4.52 Å². The maximum Gasteiger partial charge on any atom is 0.257 e. The van der Waals surface area contributed by atoms with Crippen molar-refractivity contribution in [2.75, 3.05) is 0 Å². The van der Waals surface area contributed by atoms with Crippen LogP contribution in [0.1, 0.15) is 102 Å². The highest BCUT2D eigenvalue weighted by Gasteiger charge is 2.16. The van der Waals surface area contributed by atoms with Crippen molar-refractivity contribution in [1.82, 2.24) is 10.1 Å². The zero-order valence-corrected chi connectivity index (χ0v) is 17.6. The third-order valence-corrected chi connectivity index (χ3v) is 5.31. The van der Waals surface area contributed by atoms with Crippen molar-refractivity contribution >= 4 is 0 Å². The fourth-order valence-electron chi connectivity index (χ4n) is 3.50. The van der Waals surface area contributed by atoms with E-state index in [2.05, 4.69) is 35.3 Å². The maximum atomic E-state index is 9.15. The number of nitrogens with zero attached hydrogens (tertiary/aromatic N) is 3. The first-order chi connectivity index (χ1) is 13.8. The van der Waals surface area contributed by atoms with Gasteiger partial charge >= 0.3 is 0 Å². The summed E-state index contributed by atoms with van der Waals surface area (Å²) in [6, 6.07) is 10.6. The molecule has 0 saturated heterocycles. The minimum Gasteiger partial charge on any atom is -0.334 e. The molecule has 1 aromatic heterocycles. The van der Waals surface area contributed by atoms with E-state index >= 15 is 0 Å². The van der Waals surface area contributed by atoms with Crippen LogP contribution in [-0.4, -0.2) is 10.1 Å². The Hall–Kier alpha value is -2.15. The van der Waals surface area contributed by atoms with E-state index in [9.17, 15) is 0 Å². The molecule has 0 spiro atoms. The molecule has 2 rings (SSSR count). The number of aryl methyl sites for hydroxylation is 1. The monoisotopic (exact) mass is 381 g/mol. The van der Waals surface area contributed by atoms with Crippen LogP contribution in [0.4, 0.5) is 0 Å². The van der Waals surface area contributed by atoms with Crippen molar-refractivity contribution in [3.63, 3.8) is 0 Å². The fraction of sp³-hybridized carbons (Fsp3) is 0.625. The summed E-state index contributed by atoms with van der Waals surface area (Å²) in [6.45, 7) is 4.22. The number of aromatic nitrogens is 2. The summed E-state index contributed by atoms with van der Waals surface area (Å²) >= 11 is 0. The molecule has 1 heterocycles. The van der Waals surface area contributed by atoms with Crippen LogP contribution in [0.15, 0.2) is 28.8 Å². The molecule has 0 radical (unpaired) electrons. The molecule has 4 nitrogen and oxygen atoms in total. The van der Waals surface area contributed by atoms with E-state index < -0.39 is 0 Å². The van der Waals surface area contributed by atoms with E-state index in [1.807, 2.05) is 19.1 Å². The highest BCUT2D eigenvalue weighted by atomic mass is 16.5. The van der Waals surface area contributed by atoms with E-state index in [-0.39, 0.29) is 5.92 Å². The number of hydrogen-bond acceptors (Lipinski definition) is 4. The topological polar surface area (TPSA) is 62.7 Å². The molecule has 4 heteroatoms. The number of unbranched alkanes of at least 4 members (excludes halogenated alkanes) is 9. The summed E-state index contributed by atoms with van der Waals surface area (Å²) in [5, 5.41) is 13.1. The molecule has 1 atom stereocenters. The number of benzene rings is 1. The third-order valence-electron chi connectivity index (χ3n) is 5.31. The Morgan fingerprint density at radius 1 is 0.964 bits per heavy atom. The molecule has 0 fully saturated rings. The Balaban J connectivity index is 1.71. The Morgan fingerprint density at radius 2 is 1.64 bits per heavy atom. The highest BCUT2D eigenvalue weighted by molar-refractivity contribution is 5.54. The standard InChI is InChI=1S/C24H35N3O/c1-3-5-6-7-8-9-10-11-12-13-15-20-16-14-17-22(18-20)24-26-23(27-28-24)21(4-2)19-25/h14,16-18,21H,3-13,15H2,1-2H3. The number of nitriles is 1. The highest BCUT2D eigenvalue weighted by Crippen LogP contribution is 2.23. The minimum atomic E-state index is -0.299. The van der Waals surface area contributed by atoms with Crippen LogP contribution in [0.3, 0.4) is 0 Å². The van der Waals surface area contributed by atoms with Crippen LogP contribution in [0.5, 0.6) is 0 Å². The predicted molar refractivity (Wildman–Crippen MR) is 114 cm³/mol. The summed E-state index contributed by atoms with van der Waals surface area (Å²) in [4.78, 5) is 4.42. The van der Waals surface area contributed by atoms with Crippen molar-refractivity contribution in [3.8, 4) is 17.5 Å². The zero-order chi connectivity index (χ0) is 20.0. The van der Waals surface area contributed by atoms with Gasteiger partial charge in [-0.1, -0.05) is 88.9 Å². The Morgan fingerprint density at radius 3 is 2.29 bits per heavy atom. The van der Waals surface area contributed by atoms with Gasteiger partial charge in [-0.3, -0.25) is 0 Å². The second-order valence-corrected chi connectivity index (χ2v) is 7.68. The van der Waals surface area contributed by atoms with E-state index in [4.69, 9.17) is 9.78 Å². The third kappa shape index (κ3) is 7.46. The number of hydrogen-bond donors (Lipinski definition) is 0. The van der Waals surface area contributed by atoms with Gasteiger partial charge in [-0.15, -0.1) is 0 Å². The van der Waals surface area contributed by atoms with Crippen LogP contribution in [0, 0.1) is 11.3 Å². The lowest BCUT2D eigenvalue weighted by atomic mass is 10.0. The molecule has 1 unspecified atom stereocenters. The van der Waals surface area contributed by atoms with Crippen molar-refractivity contribution < 1.29 is 4.52 Å². The van der Waals surface area contributed by atoms with Crippen LogP contribution in [0.25, 0.3) is 11.5 Å². The molecule has 152 valence electrons. The lowest BCUT2D eigenvalue weighted by Gasteiger charge is -2.04. The van der Waals surface area contributed by atoms with Crippen molar-refractivity contribution in [2.24, 2.45) is 0 Å².